The summed E-state index contributed by atoms with van der Waals surface area (Å²) in [5, 5.41) is 1.94. The summed E-state index contributed by atoms with van der Waals surface area (Å²) in [7, 11) is 1.56. The highest BCUT2D eigenvalue weighted by molar-refractivity contribution is 8.01. The third-order valence-electron chi connectivity index (χ3n) is 5.19. The predicted molar refractivity (Wildman–Crippen MR) is 116 cm³/mol. The number of carbonyl (C=O) groups excluding carboxylic acids is 3. The molecule has 4 rings (SSSR count). The minimum Gasteiger partial charge on any atom is -0.497 e. The number of thioether (sulfide) groups is 1. The van der Waals surface area contributed by atoms with Gasteiger partial charge in [0.2, 0.25) is 11.8 Å². The smallest absolute Gasteiger partial charge is 0.250 e. The van der Waals surface area contributed by atoms with Gasteiger partial charge in [-0.2, -0.15) is 0 Å². The maximum atomic E-state index is 13.2. The summed E-state index contributed by atoms with van der Waals surface area (Å²) in [4.78, 5) is 42.9. The fourth-order valence-electron chi connectivity index (χ4n) is 3.68. The number of anilines is 2. The van der Waals surface area contributed by atoms with Crippen LogP contribution < -0.4 is 15.0 Å². The molecule has 0 aromatic heterocycles. The van der Waals surface area contributed by atoms with Gasteiger partial charge in [0.1, 0.15) is 12.3 Å². The van der Waals surface area contributed by atoms with Gasteiger partial charge in [-0.3, -0.25) is 14.4 Å². The van der Waals surface area contributed by atoms with Crippen LogP contribution >= 0.6 is 11.8 Å². The lowest BCUT2D eigenvalue weighted by Crippen LogP contribution is -2.51. The van der Waals surface area contributed by atoms with Crippen LogP contribution in [-0.2, 0) is 14.4 Å². The van der Waals surface area contributed by atoms with E-state index >= 15 is 0 Å². The molecule has 2 aliphatic rings. The maximum Gasteiger partial charge on any atom is 0.250 e. The molecule has 2 aliphatic heterocycles. The van der Waals surface area contributed by atoms with E-state index in [0.717, 1.165) is 17.7 Å². The van der Waals surface area contributed by atoms with Gasteiger partial charge in [0.25, 0.3) is 5.91 Å². The maximum absolute atomic E-state index is 13.2. The number of hydrogen-bond donors (Lipinski definition) is 1. The minimum absolute atomic E-state index is 0.169. The van der Waals surface area contributed by atoms with Gasteiger partial charge in [-0.1, -0.05) is 18.2 Å². The number of likely N-dealkylation sites (tertiary alicyclic amines) is 1. The Labute approximate surface area is 179 Å². The van der Waals surface area contributed by atoms with Gasteiger partial charge in [-0.05, 0) is 37.1 Å². The summed E-state index contributed by atoms with van der Waals surface area (Å²) >= 11 is 1.27. The Balaban J connectivity index is 1.54. The normalized spacial score (nSPS) is 18.2. The highest BCUT2D eigenvalue weighted by atomic mass is 32.2. The number of benzene rings is 2. The van der Waals surface area contributed by atoms with Gasteiger partial charge in [0.05, 0.1) is 12.8 Å². The van der Waals surface area contributed by atoms with Crippen molar-refractivity contribution in [3.63, 3.8) is 0 Å². The van der Waals surface area contributed by atoms with E-state index in [4.69, 9.17) is 4.74 Å². The molecule has 2 aromatic carbocycles. The van der Waals surface area contributed by atoms with Crippen LogP contribution in [0.1, 0.15) is 12.8 Å². The quantitative estimate of drug-likeness (QED) is 0.746. The Morgan fingerprint density at radius 3 is 2.67 bits per heavy atom. The number of amides is 3. The van der Waals surface area contributed by atoms with Crippen molar-refractivity contribution in [3.8, 4) is 5.75 Å². The fourth-order valence-corrected chi connectivity index (χ4v) is 4.87. The Kier molecular flexibility index (Phi) is 5.94. The molecule has 0 unspecified atom stereocenters. The number of para-hydroxylation sites is 1. The van der Waals surface area contributed by atoms with Crippen LogP contribution in [0.2, 0.25) is 0 Å². The van der Waals surface area contributed by atoms with Gasteiger partial charge in [-0.25, -0.2) is 0 Å². The Bertz CT molecular complexity index is 974. The molecule has 1 fully saturated rings. The van der Waals surface area contributed by atoms with Gasteiger partial charge in [0.15, 0.2) is 5.25 Å². The second-order valence-electron chi connectivity index (χ2n) is 7.20. The number of nitrogens with one attached hydrogen (secondary N) is 1. The van der Waals surface area contributed by atoms with Crippen molar-refractivity contribution in [1.82, 2.24) is 4.90 Å². The molecule has 0 radical (unpaired) electrons. The van der Waals surface area contributed by atoms with Gasteiger partial charge >= 0.3 is 0 Å². The highest BCUT2D eigenvalue weighted by Crippen LogP contribution is 2.40. The SMILES string of the molecule is COc1cccc(NC(=O)CN2C(=O)[C@@H](C(=O)N3CCCC3)Sc3ccccc32)c1. The van der Waals surface area contributed by atoms with Crippen LogP contribution in [0.4, 0.5) is 11.4 Å². The van der Waals surface area contributed by atoms with Crippen LogP contribution in [0.5, 0.6) is 5.75 Å². The number of rotatable bonds is 5. The standard InChI is InChI=1S/C22H23N3O4S/c1-29-16-8-6-7-15(13-16)23-19(26)14-25-17-9-2-3-10-18(17)30-20(22(25)28)21(27)24-11-4-5-12-24/h2-3,6-10,13,20H,4-5,11-12,14H2,1H3,(H,23,26)/t20-/m1/s1. The van der Waals surface area contributed by atoms with Crippen LogP contribution in [0.25, 0.3) is 0 Å². The number of hydrogen-bond acceptors (Lipinski definition) is 5. The lowest BCUT2D eigenvalue weighted by molar-refractivity contribution is -0.134. The predicted octanol–water partition coefficient (Wildman–Crippen LogP) is 2.76. The molecular formula is C22H23N3O4S. The third kappa shape index (κ3) is 4.14. The van der Waals surface area contributed by atoms with Gasteiger partial charge < -0.3 is 19.9 Å². The van der Waals surface area contributed by atoms with E-state index in [1.807, 2.05) is 18.2 Å². The van der Waals surface area contributed by atoms with Crippen molar-refractivity contribution in [2.75, 3.05) is 37.0 Å². The van der Waals surface area contributed by atoms with E-state index in [2.05, 4.69) is 5.32 Å². The van der Waals surface area contributed by atoms with Gasteiger partial charge in [-0.15, -0.1) is 11.8 Å². The van der Waals surface area contributed by atoms with Crippen molar-refractivity contribution in [1.29, 1.82) is 0 Å². The second-order valence-corrected chi connectivity index (χ2v) is 8.35. The van der Waals surface area contributed by atoms with E-state index in [1.165, 1.54) is 16.7 Å². The van der Waals surface area contributed by atoms with E-state index in [0.29, 0.717) is 30.2 Å². The van der Waals surface area contributed by atoms with Crippen LogP contribution in [0.3, 0.4) is 0 Å². The Morgan fingerprint density at radius 1 is 1.13 bits per heavy atom. The number of carbonyl (C=O) groups is 3. The lowest BCUT2D eigenvalue weighted by Gasteiger charge is -2.34. The van der Waals surface area contributed by atoms with E-state index < -0.39 is 5.25 Å². The molecule has 7 nitrogen and oxygen atoms in total. The van der Waals surface area contributed by atoms with Crippen molar-refractivity contribution in [3.05, 3.63) is 48.5 Å². The Morgan fingerprint density at radius 2 is 1.90 bits per heavy atom. The summed E-state index contributed by atoms with van der Waals surface area (Å²) in [6, 6.07) is 14.4. The van der Waals surface area contributed by atoms with Crippen molar-refractivity contribution >= 4 is 40.9 Å². The highest BCUT2D eigenvalue weighted by Gasteiger charge is 2.41. The molecule has 0 spiro atoms. The first-order chi connectivity index (χ1) is 14.6. The van der Waals surface area contributed by atoms with Crippen LogP contribution in [0.15, 0.2) is 53.4 Å². The van der Waals surface area contributed by atoms with Crippen molar-refractivity contribution < 1.29 is 19.1 Å². The molecule has 8 heteroatoms. The molecule has 1 saturated heterocycles. The number of ether oxygens (including phenoxy) is 1. The van der Waals surface area contributed by atoms with E-state index in [1.54, 1.807) is 42.3 Å². The molecule has 30 heavy (non-hydrogen) atoms. The second kappa shape index (κ2) is 8.79. The molecular weight excluding hydrogens is 402 g/mol. The average molecular weight is 426 g/mol. The first-order valence-electron chi connectivity index (χ1n) is 9.86. The van der Waals surface area contributed by atoms with Crippen LogP contribution in [0, 0.1) is 0 Å². The molecule has 0 aliphatic carbocycles. The van der Waals surface area contributed by atoms with Crippen molar-refractivity contribution in [2.24, 2.45) is 0 Å². The molecule has 156 valence electrons. The van der Waals surface area contributed by atoms with Crippen LogP contribution in [-0.4, -0.2) is 54.6 Å². The number of fused-ring (bicyclic) bond motifs is 1. The summed E-state index contributed by atoms with van der Waals surface area (Å²) in [6.45, 7) is 1.19. The molecule has 0 saturated carbocycles. The van der Waals surface area contributed by atoms with E-state index in [9.17, 15) is 14.4 Å². The first-order valence-corrected chi connectivity index (χ1v) is 10.7. The zero-order chi connectivity index (χ0) is 21.1. The lowest BCUT2D eigenvalue weighted by atomic mass is 10.2. The molecule has 1 N–H and O–H groups in total. The zero-order valence-electron chi connectivity index (χ0n) is 16.7. The molecule has 2 aromatic rings. The fraction of sp³-hybridized carbons (Fsp3) is 0.318. The molecule has 3 amide bonds. The third-order valence-corrected chi connectivity index (χ3v) is 6.43. The monoisotopic (exact) mass is 425 g/mol. The largest absolute Gasteiger partial charge is 0.497 e. The zero-order valence-corrected chi connectivity index (χ0v) is 17.5. The first kappa shape index (κ1) is 20.3. The summed E-state index contributed by atoms with van der Waals surface area (Å²) in [5.41, 5.74) is 1.23. The Hall–Kier alpha value is -3.00. The van der Waals surface area contributed by atoms with Gasteiger partial charge in [0, 0.05) is 29.7 Å². The summed E-state index contributed by atoms with van der Waals surface area (Å²) in [6.07, 6.45) is 1.92. The number of nitrogens with zero attached hydrogens (tertiary/aromatic N) is 2. The topological polar surface area (TPSA) is 79.0 Å². The minimum atomic E-state index is -0.859. The molecule has 2 heterocycles. The summed E-state index contributed by atoms with van der Waals surface area (Å²) < 4.78 is 5.18. The number of methoxy groups -OCH3 is 1. The molecule has 0 bridgehead atoms. The molecule has 1 atom stereocenters. The average Bonchev–Trinajstić information content (AvgIpc) is 3.30. The summed E-state index contributed by atoms with van der Waals surface area (Å²) in [5.74, 6) is -0.239. The van der Waals surface area contributed by atoms with E-state index in [-0.39, 0.29) is 24.3 Å². The van der Waals surface area contributed by atoms with Crippen molar-refractivity contribution in [2.45, 2.75) is 23.0 Å².